The topological polar surface area (TPSA) is 58.0 Å². The van der Waals surface area contributed by atoms with Crippen molar-refractivity contribution in [2.45, 2.75) is 49.4 Å². The smallest absolute Gasteiger partial charge is 0.248 e. The minimum Gasteiger partial charge on any atom is -0.391 e. The van der Waals surface area contributed by atoms with Crippen LogP contribution in [0.5, 0.6) is 0 Å². The lowest BCUT2D eigenvalue weighted by Crippen LogP contribution is -2.32. The molecule has 0 amide bonds. The molecular weight excluding hydrogens is 272 g/mol. The molecule has 1 aromatic heterocycles. The Morgan fingerprint density at radius 2 is 2.16 bits per heavy atom. The molecule has 0 aliphatic heterocycles. The van der Waals surface area contributed by atoms with Crippen molar-refractivity contribution in [3.8, 4) is 0 Å². The zero-order valence-electron chi connectivity index (χ0n) is 10.7. The van der Waals surface area contributed by atoms with Gasteiger partial charge in [0.15, 0.2) is 5.16 Å². The molecule has 0 bridgehead atoms. The zero-order chi connectivity index (χ0) is 13.9. The number of nitrogens with one attached hydrogen (secondary N) is 1. The maximum absolute atomic E-state index is 13.1. The Bertz CT molecular complexity index is 435. The lowest BCUT2D eigenvalue weighted by Gasteiger charge is -2.29. The molecule has 2 rings (SSSR count). The van der Waals surface area contributed by atoms with Gasteiger partial charge in [0.1, 0.15) is 5.82 Å². The van der Waals surface area contributed by atoms with Crippen LogP contribution in [0.2, 0.25) is 0 Å². The number of halogens is 2. The fraction of sp³-hybridized carbons (Fsp3) is 0.667. The van der Waals surface area contributed by atoms with Crippen LogP contribution in [0.1, 0.15) is 31.2 Å². The quantitative estimate of drug-likeness (QED) is 0.659. The molecule has 0 spiro atoms. The van der Waals surface area contributed by atoms with Gasteiger partial charge in [0, 0.05) is 30.6 Å². The lowest BCUT2D eigenvalue weighted by atomic mass is 9.92. The van der Waals surface area contributed by atoms with Gasteiger partial charge in [0.2, 0.25) is 5.92 Å². The van der Waals surface area contributed by atoms with Gasteiger partial charge in [0.25, 0.3) is 0 Å². The van der Waals surface area contributed by atoms with E-state index in [1.165, 1.54) is 11.8 Å². The van der Waals surface area contributed by atoms with Crippen LogP contribution < -0.4 is 5.32 Å². The van der Waals surface area contributed by atoms with Gasteiger partial charge in [-0.05, 0) is 19.1 Å². The Labute approximate surface area is 115 Å². The summed E-state index contributed by atoms with van der Waals surface area (Å²) in [6.45, 7) is -0.167. The third kappa shape index (κ3) is 3.76. The van der Waals surface area contributed by atoms with E-state index in [9.17, 15) is 13.9 Å². The average molecular weight is 289 g/mol. The summed E-state index contributed by atoms with van der Waals surface area (Å²) in [7, 11) is 0. The molecule has 1 heterocycles. The lowest BCUT2D eigenvalue weighted by molar-refractivity contribution is -0.0361. The van der Waals surface area contributed by atoms with Crippen molar-refractivity contribution in [1.82, 2.24) is 9.97 Å². The molecule has 19 heavy (non-hydrogen) atoms. The summed E-state index contributed by atoms with van der Waals surface area (Å²) in [5.74, 6) is -1.98. The molecule has 1 saturated carbocycles. The van der Waals surface area contributed by atoms with Crippen LogP contribution in [0.15, 0.2) is 11.4 Å². The number of nitrogens with zero attached hydrogens (tertiary/aromatic N) is 2. The van der Waals surface area contributed by atoms with Gasteiger partial charge < -0.3 is 10.4 Å². The number of aliphatic hydroxyl groups excluding tert-OH is 1. The van der Waals surface area contributed by atoms with E-state index in [0.29, 0.717) is 29.4 Å². The monoisotopic (exact) mass is 289 g/mol. The third-order valence-electron chi connectivity index (χ3n) is 3.25. The summed E-state index contributed by atoms with van der Waals surface area (Å²) in [6, 6.07) is -0.0190. The molecule has 2 N–H and O–H groups in total. The molecule has 0 aromatic carbocycles. The maximum Gasteiger partial charge on any atom is 0.248 e. The first-order chi connectivity index (χ1) is 9.04. The number of rotatable bonds is 4. The van der Waals surface area contributed by atoms with Crippen LogP contribution in [0, 0.1) is 0 Å². The highest BCUT2D eigenvalue weighted by molar-refractivity contribution is 7.98. The highest BCUT2D eigenvalue weighted by atomic mass is 32.2. The Kier molecular flexibility index (Phi) is 4.57. The fourth-order valence-electron chi connectivity index (χ4n) is 2.11. The normalized spacial score (nSPS) is 19.4. The molecule has 0 radical (unpaired) electrons. The Balaban J connectivity index is 2.06. The molecule has 0 unspecified atom stereocenters. The molecule has 7 heteroatoms. The maximum atomic E-state index is 13.1. The van der Waals surface area contributed by atoms with Crippen molar-refractivity contribution in [1.29, 1.82) is 0 Å². The molecule has 1 aromatic rings. The van der Waals surface area contributed by atoms with E-state index in [0.717, 1.165) is 0 Å². The minimum atomic E-state index is -2.53. The summed E-state index contributed by atoms with van der Waals surface area (Å²) in [6.07, 6.45) is 4.06. The van der Waals surface area contributed by atoms with E-state index in [4.69, 9.17) is 0 Å². The van der Waals surface area contributed by atoms with E-state index < -0.39 is 5.92 Å². The highest BCUT2D eigenvalue weighted by Gasteiger charge is 2.35. The summed E-state index contributed by atoms with van der Waals surface area (Å²) in [5.41, 5.74) is 0.593. The Morgan fingerprint density at radius 1 is 1.47 bits per heavy atom. The second-order valence-electron chi connectivity index (χ2n) is 4.66. The molecule has 0 atom stereocenters. The number of alkyl halides is 2. The number of thioether (sulfide) groups is 1. The predicted molar refractivity (Wildman–Crippen MR) is 70.6 cm³/mol. The largest absolute Gasteiger partial charge is 0.391 e. The van der Waals surface area contributed by atoms with Crippen LogP contribution in [0.25, 0.3) is 0 Å². The second-order valence-corrected chi connectivity index (χ2v) is 5.44. The summed E-state index contributed by atoms with van der Waals surface area (Å²) in [5, 5.41) is 13.0. The number of anilines is 1. The van der Waals surface area contributed by atoms with Crippen LogP contribution in [-0.2, 0) is 6.61 Å². The van der Waals surface area contributed by atoms with Gasteiger partial charge in [-0.3, -0.25) is 0 Å². The zero-order valence-corrected chi connectivity index (χ0v) is 11.5. The van der Waals surface area contributed by atoms with Crippen molar-refractivity contribution in [3.63, 3.8) is 0 Å². The van der Waals surface area contributed by atoms with Gasteiger partial charge in [-0.2, -0.15) is 0 Å². The van der Waals surface area contributed by atoms with Crippen molar-refractivity contribution >= 4 is 17.6 Å². The number of aliphatic hydroxyl groups is 1. The van der Waals surface area contributed by atoms with E-state index in [1.807, 2.05) is 6.26 Å². The Hall–Kier alpha value is -0.950. The van der Waals surface area contributed by atoms with E-state index in [1.54, 1.807) is 6.20 Å². The average Bonchev–Trinajstić information content (AvgIpc) is 2.41. The first-order valence-corrected chi connectivity index (χ1v) is 7.41. The first kappa shape index (κ1) is 14.5. The van der Waals surface area contributed by atoms with E-state index >= 15 is 0 Å². The van der Waals surface area contributed by atoms with Gasteiger partial charge >= 0.3 is 0 Å². The van der Waals surface area contributed by atoms with Gasteiger partial charge in [-0.15, -0.1) is 0 Å². The van der Waals surface area contributed by atoms with Crippen molar-refractivity contribution in [3.05, 3.63) is 11.8 Å². The molecular formula is C12H17F2N3OS. The van der Waals surface area contributed by atoms with Gasteiger partial charge in [-0.1, -0.05) is 11.8 Å². The van der Waals surface area contributed by atoms with Gasteiger partial charge in [0.05, 0.1) is 6.61 Å². The van der Waals surface area contributed by atoms with Crippen molar-refractivity contribution in [2.75, 3.05) is 11.6 Å². The SMILES string of the molecule is CSc1ncc(CO)c(NC2CCC(F)(F)CC2)n1. The molecule has 1 fully saturated rings. The molecule has 1 aliphatic carbocycles. The van der Waals surface area contributed by atoms with Crippen LogP contribution in [-0.4, -0.2) is 33.3 Å². The van der Waals surface area contributed by atoms with Crippen molar-refractivity contribution < 1.29 is 13.9 Å². The van der Waals surface area contributed by atoms with Crippen LogP contribution >= 0.6 is 11.8 Å². The molecule has 4 nitrogen and oxygen atoms in total. The van der Waals surface area contributed by atoms with Crippen LogP contribution in [0.3, 0.4) is 0 Å². The fourth-order valence-corrected chi connectivity index (χ4v) is 2.45. The summed E-state index contributed by atoms with van der Waals surface area (Å²) < 4.78 is 26.2. The highest BCUT2D eigenvalue weighted by Crippen LogP contribution is 2.34. The van der Waals surface area contributed by atoms with E-state index in [-0.39, 0.29) is 25.5 Å². The summed E-state index contributed by atoms with van der Waals surface area (Å²) >= 11 is 1.40. The van der Waals surface area contributed by atoms with Gasteiger partial charge in [-0.25, -0.2) is 18.7 Å². The van der Waals surface area contributed by atoms with Crippen molar-refractivity contribution in [2.24, 2.45) is 0 Å². The standard InChI is InChI=1S/C12H17F2N3OS/c1-19-11-15-6-8(7-18)10(17-11)16-9-2-4-12(13,14)5-3-9/h6,9,18H,2-5,7H2,1H3,(H,15,16,17). The van der Waals surface area contributed by atoms with E-state index in [2.05, 4.69) is 15.3 Å². The predicted octanol–water partition coefficient (Wildman–Crippen LogP) is 2.68. The molecule has 0 saturated heterocycles. The number of aromatic nitrogens is 2. The number of hydrogen-bond acceptors (Lipinski definition) is 5. The molecule has 1 aliphatic rings. The summed E-state index contributed by atoms with van der Waals surface area (Å²) in [4.78, 5) is 8.36. The first-order valence-electron chi connectivity index (χ1n) is 6.19. The van der Waals surface area contributed by atoms with Crippen LogP contribution in [0.4, 0.5) is 14.6 Å². The Morgan fingerprint density at radius 3 is 2.74 bits per heavy atom. The minimum absolute atomic E-state index is 0.0190. The second kappa shape index (κ2) is 6.00. The third-order valence-corrected chi connectivity index (χ3v) is 3.82. The number of hydrogen-bond donors (Lipinski definition) is 2. The molecule has 106 valence electrons.